The number of hydrogen-bond donors (Lipinski definition) is 1. The number of alkyl carbamates (subject to hydrolysis) is 1. The van der Waals surface area contributed by atoms with Crippen LogP contribution in [0.5, 0.6) is 5.75 Å². The van der Waals surface area contributed by atoms with E-state index < -0.39 is 11.7 Å². The van der Waals surface area contributed by atoms with Gasteiger partial charge >= 0.3 is 6.09 Å². The van der Waals surface area contributed by atoms with Crippen LogP contribution in [0.4, 0.5) is 10.5 Å². The van der Waals surface area contributed by atoms with Crippen LogP contribution in [-0.2, 0) is 4.74 Å². The lowest BCUT2D eigenvalue weighted by Crippen LogP contribution is -2.33. The zero-order valence-electron chi connectivity index (χ0n) is 17.8. The Morgan fingerprint density at radius 2 is 1.76 bits per heavy atom. The van der Waals surface area contributed by atoms with Gasteiger partial charge in [0.15, 0.2) is 0 Å². The maximum atomic E-state index is 12.8. The first kappa shape index (κ1) is 22.3. The number of nitrogens with zero attached hydrogens (tertiary/aromatic N) is 1. The monoisotopic (exact) mass is 398 g/mol. The van der Waals surface area contributed by atoms with Crippen LogP contribution < -0.4 is 15.0 Å². The fourth-order valence-electron chi connectivity index (χ4n) is 2.66. The molecule has 0 saturated carbocycles. The quantitative estimate of drug-likeness (QED) is 0.694. The molecule has 0 radical (unpaired) electrons. The highest BCUT2D eigenvalue weighted by molar-refractivity contribution is 6.06. The lowest BCUT2D eigenvalue weighted by molar-refractivity contribution is 0.0525. The third kappa shape index (κ3) is 7.14. The Hall–Kier alpha value is -3.02. The lowest BCUT2D eigenvalue weighted by Gasteiger charge is -2.22. The summed E-state index contributed by atoms with van der Waals surface area (Å²) in [5.41, 5.74) is 1.83. The summed E-state index contributed by atoms with van der Waals surface area (Å²) >= 11 is 0. The fourth-order valence-corrected chi connectivity index (χ4v) is 2.66. The third-order valence-corrected chi connectivity index (χ3v) is 4.05. The van der Waals surface area contributed by atoms with Crippen LogP contribution in [0.15, 0.2) is 48.5 Å². The summed E-state index contributed by atoms with van der Waals surface area (Å²) in [4.78, 5) is 26.0. The summed E-state index contributed by atoms with van der Waals surface area (Å²) in [6.45, 7) is 8.28. The number of rotatable bonds is 7. The summed E-state index contributed by atoms with van der Waals surface area (Å²) in [5, 5.41) is 2.71. The van der Waals surface area contributed by atoms with E-state index in [4.69, 9.17) is 9.47 Å². The molecule has 2 rings (SSSR count). The molecule has 1 N–H and O–H groups in total. The molecule has 0 heterocycles. The van der Waals surface area contributed by atoms with Gasteiger partial charge in [-0.25, -0.2) is 4.79 Å². The van der Waals surface area contributed by atoms with Crippen molar-refractivity contribution in [2.45, 2.75) is 39.7 Å². The summed E-state index contributed by atoms with van der Waals surface area (Å²) < 4.78 is 11.1. The van der Waals surface area contributed by atoms with Crippen molar-refractivity contribution >= 4 is 17.7 Å². The largest absolute Gasteiger partial charge is 0.491 e. The van der Waals surface area contributed by atoms with Crippen molar-refractivity contribution in [3.63, 3.8) is 0 Å². The highest BCUT2D eigenvalue weighted by Gasteiger charge is 2.18. The molecule has 6 nitrogen and oxygen atoms in total. The second kappa shape index (κ2) is 9.96. The number of ether oxygens (including phenoxy) is 2. The van der Waals surface area contributed by atoms with Crippen LogP contribution in [0.1, 0.15) is 43.1 Å². The van der Waals surface area contributed by atoms with Crippen molar-refractivity contribution < 1.29 is 19.1 Å². The van der Waals surface area contributed by atoms with Crippen molar-refractivity contribution in [3.8, 4) is 5.75 Å². The smallest absolute Gasteiger partial charge is 0.407 e. The van der Waals surface area contributed by atoms with Crippen molar-refractivity contribution in [2.75, 3.05) is 25.1 Å². The van der Waals surface area contributed by atoms with Crippen LogP contribution in [0.25, 0.3) is 0 Å². The number of carbonyl (C=O) groups excluding carboxylic acids is 2. The zero-order chi connectivity index (χ0) is 21.4. The van der Waals surface area contributed by atoms with Crippen molar-refractivity contribution in [1.29, 1.82) is 0 Å². The maximum Gasteiger partial charge on any atom is 0.407 e. The Balaban J connectivity index is 1.95. The predicted molar refractivity (Wildman–Crippen MR) is 115 cm³/mol. The predicted octanol–water partition coefficient (Wildman–Crippen LogP) is 4.57. The van der Waals surface area contributed by atoms with Gasteiger partial charge in [0.25, 0.3) is 5.91 Å². The van der Waals surface area contributed by atoms with E-state index in [0.717, 1.165) is 5.56 Å². The van der Waals surface area contributed by atoms with Gasteiger partial charge in [0, 0.05) is 19.2 Å². The van der Waals surface area contributed by atoms with Gasteiger partial charge in [-0.2, -0.15) is 0 Å². The summed E-state index contributed by atoms with van der Waals surface area (Å²) in [6.07, 6.45) is 0.171. The molecule has 0 aliphatic carbocycles. The standard InChI is InChI=1S/C23H30N2O4/c1-17-12-13-19(25(5)21(26)18-10-7-6-8-11-18)20(16-17)28-15-9-14-24-22(27)29-23(2,3)4/h6-8,10-13,16H,9,14-15H2,1-5H3,(H,24,27). The van der Waals surface area contributed by atoms with Gasteiger partial charge in [-0.05, 0) is 63.9 Å². The minimum absolute atomic E-state index is 0.106. The highest BCUT2D eigenvalue weighted by Crippen LogP contribution is 2.30. The van der Waals surface area contributed by atoms with Crippen LogP contribution in [-0.4, -0.2) is 37.8 Å². The van der Waals surface area contributed by atoms with Crippen molar-refractivity contribution in [3.05, 3.63) is 59.7 Å². The first-order valence-electron chi connectivity index (χ1n) is 9.71. The van der Waals surface area contributed by atoms with E-state index in [1.165, 1.54) is 0 Å². The molecular formula is C23H30N2O4. The topological polar surface area (TPSA) is 67.9 Å². The maximum absolute atomic E-state index is 12.8. The number of nitrogens with one attached hydrogen (secondary N) is 1. The zero-order valence-corrected chi connectivity index (χ0v) is 17.8. The van der Waals surface area contributed by atoms with Crippen LogP contribution in [0, 0.1) is 6.92 Å². The number of amides is 2. The molecule has 0 spiro atoms. The lowest BCUT2D eigenvalue weighted by atomic mass is 10.1. The normalized spacial score (nSPS) is 10.9. The van der Waals surface area contributed by atoms with Crippen LogP contribution >= 0.6 is 0 Å². The second-order valence-corrected chi connectivity index (χ2v) is 7.83. The molecule has 0 aliphatic rings. The molecule has 0 unspecified atom stereocenters. The van der Waals surface area contributed by atoms with E-state index in [-0.39, 0.29) is 5.91 Å². The first-order valence-corrected chi connectivity index (χ1v) is 9.71. The Morgan fingerprint density at radius 3 is 2.41 bits per heavy atom. The fraction of sp³-hybridized carbons (Fsp3) is 0.391. The molecule has 2 amide bonds. The summed E-state index contributed by atoms with van der Waals surface area (Å²) in [7, 11) is 1.73. The Morgan fingerprint density at radius 1 is 1.07 bits per heavy atom. The van der Waals surface area contributed by atoms with Crippen LogP contribution in [0.3, 0.4) is 0 Å². The number of anilines is 1. The average molecular weight is 399 g/mol. The number of aryl methyl sites for hydroxylation is 1. The molecular weight excluding hydrogens is 368 g/mol. The molecule has 6 heteroatoms. The van der Waals surface area contributed by atoms with E-state index in [9.17, 15) is 9.59 Å². The average Bonchev–Trinajstić information content (AvgIpc) is 2.66. The minimum atomic E-state index is -0.521. The van der Waals surface area contributed by atoms with Gasteiger partial charge in [-0.1, -0.05) is 24.3 Å². The Labute approximate surface area is 172 Å². The molecule has 0 atom stereocenters. The van der Waals surface area contributed by atoms with Gasteiger partial charge in [0.05, 0.1) is 12.3 Å². The summed E-state index contributed by atoms with van der Waals surface area (Å²) in [5.74, 6) is 0.528. The molecule has 0 bridgehead atoms. The van der Waals surface area contributed by atoms with E-state index >= 15 is 0 Å². The minimum Gasteiger partial charge on any atom is -0.491 e. The van der Waals surface area contributed by atoms with Gasteiger partial charge < -0.3 is 19.7 Å². The molecule has 0 aromatic heterocycles. The van der Waals surface area contributed by atoms with Gasteiger partial charge in [0.1, 0.15) is 11.4 Å². The molecule has 0 saturated heterocycles. The number of carbonyl (C=O) groups is 2. The number of benzene rings is 2. The Kier molecular flexibility index (Phi) is 7.65. The van der Waals surface area contributed by atoms with E-state index in [1.807, 2.05) is 64.1 Å². The SMILES string of the molecule is Cc1ccc(N(C)C(=O)c2ccccc2)c(OCCCNC(=O)OC(C)(C)C)c1. The Bertz CT molecular complexity index is 829. The van der Waals surface area contributed by atoms with E-state index in [2.05, 4.69) is 5.32 Å². The van der Waals surface area contributed by atoms with Gasteiger partial charge in [-0.3, -0.25) is 4.79 Å². The molecule has 156 valence electrons. The van der Waals surface area contributed by atoms with E-state index in [0.29, 0.717) is 36.6 Å². The molecule has 2 aromatic carbocycles. The van der Waals surface area contributed by atoms with E-state index in [1.54, 1.807) is 24.1 Å². The molecule has 2 aromatic rings. The molecule has 0 fully saturated rings. The second-order valence-electron chi connectivity index (χ2n) is 7.83. The molecule has 0 aliphatic heterocycles. The highest BCUT2D eigenvalue weighted by atomic mass is 16.6. The number of hydrogen-bond acceptors (Lipinski definition) is 4. The van der Waals surface area contributed by atoms with Crippen molar-refractivity contribution in [1.82, 2.24) is 5.32 Å². The molecule has 29 heavy (non-hydrogen) atoms. The van der Waals surface area contributed by atoms with Gasteiger partial charge in [-0.15, -0.1) is 0 Å². The third-order valence-electron chi connectivity index (χ3n) is 4.05. The summed E-state index contributed by atoms with van der Waals surface area (Å²) in [6, 6.07) is 14.9. The first-order chi connectivity index (χ1) is 13.7. The van der Waals surface area contributed by atoms with Crippen LogP contribution in [0.2, 0.25) is 0 Å². The van der Waals surface area contributed by atoms with Gasteiger partial charge in [0.2, 0.25) is 0 Å². The van der Waals surface area contributed by atoms with Crippen molar-refractivity contribution in [2.24, 2.45) is 0 Å².